The topological polar surface area (TPSA) is 98.2 Å². The van der Waals surface area contributed by atoms with Crippen molar-refractivity contribution in [2.45, 2.75) is 0 Å². The molecule has 0 aromatic heterocycles. The van der Waals surface area contributed by atoms with Crippen molar-refractivity contribution in [2.24, 2.45) is 5.10 Å². The molecule has 2 amide bonds. The molecule has 1 aliphatic rings. The molecule has 9 heteroatoms. The van der Waals surface area contributed by atoms with Gasteiger partial charge in [-0.05, 0) is 82.3 Å². The van der Waals surface area contributed by atoms with Crippen LogP contribution in [0.2, 0.25) is 0 Å². The first-order chi connectivity index (χ1) is 16.5. The van der Waals surface area contributed by atoms with Crippen LogP contribution < -0.4 is 25.0 Å². The molecule has 34 heavy (non-hydrogen) atoms. The van der Waals surface area contributed by atoms with Crippen molar-refractivity contribution in [1.82, 2.24) is 10.7 Å². The summed E-state index contributed by atoms with van der Waals surface area (Å²) in [5.74, 6) is 0.933. The predicted molar refractivity (Wildman–Crippen MR) is 136 cm³/mol. The van der Waals surface area contributed by atoms with Crippen LogP contribution in [0.1, 0.15) is 21.5 Å². The van der Waals surface area contributed by atoms with Crippen LogP contribution in [0.3, 0.4) is 0 Å². The molecule has 172 valence electrons. The molecule has 1 aliphatic heterocycles. The Morgan fingerprint density at radius 1 is 1.00 bits per heavy atom. The van der Waals surface area contributed by atoms with Crippen LogP contribution in [0.25, 0.3) is 6.08 Å². The third kappa shape index (κ3) is 5.73. The van der Waals surface area contributed by atoms with Gasteiger partial charge in [-0.15, -0.1) is 0 Å². The summed E-state index contributed by atoms with van der Waals surface area (Å²) in [7, 11) is 1.60. The highest BCUT2D eigenvalue weighted by molar-refractivity contribution is 14.1. The number of ether oxygens (including phenoxy) is 3. The molecule has 0 bridgehead atoms. The predicted octanol–water partition coefficient (Wildman–Crippen LogP) is 3.95. The Bertz CT molecular complexity index is 1270. The SMILES string of the molecule is COc1ccc(C=NNC(=O)C(=Cc2ccc3c(c2)OCO3)NC(=O)c2ccccc2)cc1I. The first-order valence-corrected chi connectivity index (χ1v) is 11.3. The Balaban J connectivity index is 1.54. The highest BCUT2D eigenvalue weighted by Gasteiger charge is 2.17. The van der Waals surface area contributed by atoms with Crippen molar-refractivity contribution in [3.8, 4) is 17.2 Å². The lowest BCUT2D eigenvalue weighted by Crippen LogP contribution is -2.32. The molecule has 0 unspecified atom stereocenters. The first kappa shape index (κ1) is 23.3. The molecular formula is C25H20IN3O5. The number of hydrogen-bond donors (Lipinski definition) is 2. The van der Waals surface area contributed by atoms with Crippen LogP contribution in [0.4, 0.5) is 0 Å². The Labute approximate surface area is 209 Å². The molecule has 0 aliphatic carbocycles. The van der Waals surface area contributed by atoms with Crippen LogP contribution in [0.15, 0.2) is 77.5 Å². The van der Waals surface area contributed by atoms with E-state index in [0.717, 1.165) is 14.9 Å². The van der Waals surface area contributed by atoms with E-state index in [0.29, 0.717) is 22.6 Å². The standard InChI is InChI=1S/C25H20IN3O5/c1-32-21-9-8-17(11-19(21)26)14-27-29-25(31)20(28-24(30)18-5-3-2-4-6-18)12-16-7-10-22-23(13-16)34-15-33-22/h2-14H,15H2,1H3,(H,28,30)(H,29,31). The van der Waals surface area contributed by atoms with Crippen LogP contribution >= 0.6 is 22.6 Å². The van der Waals surface area contributed by atoms with Crippen LogP contribution in [0, 0.1) is 3.57 Å². The summed E-state index contributed by atoms with van der Waals surface area (Å²) in [4.78, 5) is 25.6. The van der Waals surface area contributed by atoms with Crippen molar-refractivity contribution in [3.05, 3.63) is 92.7 Å². The zero-order valence-corrected chi connectivity index (χ0v) is 20.2. The minimum atomic E-state index is -0.582. The number of nitrogens with one attached hydrogen (secondary N) is 2. The van der Waals surface area contributed by atoms with E-state index in [1.807, 2.05) is 24.3 Å². The monoisotopic (exact) mass is 569 g/mol. The maximum absolute atomic E-state index is 12.9. The van der Waals surface area contributed by atoms with Crippen molar-refractivity contribution in [2.75, 3.05) is 13.9 Å². The molecule has 3 aromatic carbocycles. The Morgan fingerprint density at radius 2 is 1.76 bits per heavy atom. The Morgan fingerprint density at radius 3 is 2.53 bits per heavy atom. The third-order valence-electron chi connectivity index (χ3n) is 4.79. The van der Waals surface area contributed by atoms with Gasteiger partial charge in [0.15, 0.2) is 11.5 Å². The summed E-state index contributed by atoms with van der Waals surface area (Å²) in [6.45, 7) is 0.138. The second-order valence-electron chi connectivity index (χ2n) is 7.08. The maximum Gasteiger partial charge on any atom is 0.287 e. The van der Waals surface area contributed by atoms with Gasteiger partial charge in [0.2, 0.25) is 6.79 Å². The van der Waals surface area contributed by atoms with Gasteiger partial charge in [0.05, 0.1) is 16.9 Å². The van der Waals surface area contributed by atoms with Gasteiger partial charge in [0.25, 0.3) is 11.8 Å². The molecule has 4 rings (SSSR count). The normalized spacial score (nSPS) is 12.5. The van der Waals surface area contributed by atoms with E-state index in [1.54, 1.807) is 55.7 Å². The van der Waals surface area contributed by atoms with Gasteiger partial charge in [-0.1, -0.05) is 24.3 Å². The fraction of sp³-hybridized carbons (Fsp3) is 0.0800. The van der Waals surface area contributed by atoms with E-state index in [1.165, 1.54) is 6.21 Å². The van der Waals surface area contributed by atoms with E-state index >= 15 is 0 Å². The number of nitrogens with zero attached hydrogens (tertiary/aromatic N) is 1. The maximum atomic E-state index is 12.9. The molecule has 0 atom stereocenters. The molecule has 8 nitrogen and oxygen atoms in total. The van der Waals surface area contributed by atoms with E-state index in [2.05, 4.69) is 38.4 Å². The number of fused-ring (bicyclic) bond motifs is 1. The number of carbonyl (C=O) groups excluding carboxylic acids is 2. The Kier molecular flexibility index (Phi) is 7.43. The van der Waals surface area contributed by atoms with E-state index < -0.39 is 11.8 Å². The molecule has 1 heterocycles. The second-order valence-corrected chi connectivity index (χ2v) is 8.25. The van der Waals surface area contributed by atoms with Crippen molar-refractivity contribution in [1.29, 1.82) is 0 Å². The summed E-state index contributed by atoms with van der Waals surface area (Å²) < 4.78 is 16.9. The number of hydrogen-bond acceptors (Lipinski definition) is 6. The number of benzene rings is 3. The largest absolute Gasteiger partial charge is 0.496 e. The number of amides is 2. The minimum absolute atomic E-state index is 0.0224. The third-order valence-corrected chi connectivity index (χ3v) is 5.64. The van der Waals surface area contributed by atoms with Crippen LogP contribution in [0.5, 0.6) is 17.2 Å². The number of rotatable bonds is 7. The van der Waals surface area contributed by atoms with Crippen LogP contribution in [-0.4, -0.2) is 31.9 Å². The zero-order valence-electron chi connectivity index (χ0n) is 18.1. The second kappa shape index (κ2) is 10.8. The average molecular weight is 569 g/mol. The van der Waals surface area contributed by atoms with Crippen LogP contribution in [-0.2, 0) is 4.79 Å². The highest BCUT2D eigenvalue weighted by atomic mass is 127. The average Bonchev–Trinajstić information content (AvgIpc) is 3.32. The van der Waals surface area contributed by atoms with E-state index in [9.17, 15) is 9.59 Å². The zero-order chi connectivity index (χ0) is 23.9. The molecule has 0 saturated carbocycles. The molecule has 0 saturated heterocycles. The van der Waals surface area contributed by atoms with E-state index in [-0.39, 0.29) is 12.5 Å². The number of hydrazone groups is 1. The summed E-state index contributed by atoms with van der Waals surface area (Å²) in [5, 5.41) is 6.70. The number of methoxy groups -OCH3 is 1. The van der Waals surface area contributed by atoms with Gasteiger partial charge in [-0.3, -0.25) is 9.59 Å². The summed E-state index contributed by atoms with van der Waals surface area (Å²) >= 11 is 2.16. The lowest BCUT2D eigenvalue weighted by atomic mass is 10.1. The summed E-state index contributed by atoms with van der Waals surface area (Å²) in [5.41, 5.74) is 4.34. The summed E-state index contributed by atoms with van der Waals surface area (Å²) in [6.07, 6.45) is 3.06. The fourth-order valence-electron chi connectivity index (χ4n) is 3.10. The van der Waals surface area contributed by atoms with Gasteiger partial charge in [0.1, 0.15) is 11.4 Å². The number of carbonyl (C=O) groups is 2. The van der Waals surface area contributed by atoms with Crippen molar-refractivity contribution in [3.63, 3.8) is 0 Å². The lowest BCUT2D eigenvalue weighted by molar-refractivity contribution is -0.117. The minimum Gasteiger partial charge on any atom is -0.496 e. The van der Waals surface area contributed by atoms with Gasteiger partial charge in [0, 0.05) is 5.56 Å². The number of halogens is 1. The highest BCUT2D eigenvalue weighted by Crippen LogP contribution is 2.33. The van der Waals surface area contributed by atoms with Gasteiger partial charge in [-0.25, -0.2) is 5.43 Å². The lowest BCUT2D eigenvalue weighted by Gasteiger charge is -2.09. The fourth-order valence-corrected chi connectivity index (χ4v) is 3.86. The van der Waals surface area contributed by atoms with Gasteiger partial charge < -0.3 is 19.5 Å². The Hall–Kier alpha value is -3.86. The molecule has 0 radical (unpaired) electrons. The van der Waals surface area contributed by atoms with Crippen molar-refractivity contribution >= 4 is 46.7 Å². The van der Waals surface area contributed by atoms with E-state index in [4.69, 9.17) is 14.2 Å². The van der Waals surface area contributed by atoms with Gasteiger partial charge in [-0.2, -0.15) is 5.10 Å². The first-order valence-electron chi connectivity index (χ1n) is 10.2. The quantitative estimate of drug-likeness (QED) is 0.195. The molecule has 0 spiro atoms. The summed E-state index contributed by atoms with van der Waals surface area (Å²) in [6, 6.07) is 19.4. The molecule has 2 N–H and O–H groups in total. The molecule has 0 fully saturated rings. The smallest absolute Gasteiger partial charge is 0.287 e. The molecule has 3 aromatic rings. The molecular weight excluding hydrogens is 549 g/mol. The van der Waals surface area contributed by atoms with Gasteiger partial charge >= 0.3 is 0 Å². The van der Waals surface area contributed by atoms with Crippen molar-refractivity contribution < 1.29 is 23.8 Å².